The van der Waals surface area contributed by atoms with Crippen molar-refractivity contribution in [1.29, 1.82) is 0 Å². The van der Waals surface area contributed by atoms with E-state index in [0.29, 0.717) is 24.5 Å². The zero-order valence-corrected chi connectivity index (χ0v) is 21.7. The van der Waals surface area contributed by atoms with E-state index >= 15 is 0 Å². The number of ether oxygens (including phenoxy) is 2. The molecule has 0 bridgehead atoms. The number of benzene rings is 3. The average molecular weight is 522 g/mol. The van der Waals surface area contributed by atoms with E-state index in [9.17, 15) is 13.2 Å². The zero-order valence-electron chi connectivity index (χ0n) is 20.9. The van der Waals surface area contributed by atoms with Crippen molar-refractivity contribution in [2.45, 2.75) is 24.3 Å². The SMILES string of the molecule is COc1ccc(NC(=O)c2ccc(CN3CCCc4ccccc43)cc2)cc1S(=O)(=O)N1CCOCC1. The molecule has 1 N–H and O–H groups in total. The molecular formula is C28H31N3O5S. The van der Waals surface area contributed by atoms with Crippen molar-refractivity contribution in [3.63, 3.8) is 0 Å². The lowest BCUT2D eigenvalue weighted by molar-refractivity contribution is 0.0729. The Bertz CT molecular complexity index is 1370. The predicted octanol–water partition coefficient (Wildman–Crippen LogP) is 3.92. The highest BCUT2D eigenvalue weighted by Crippen LogP contribution is 2.31. The van der Waals surface area contributed by atoms with Crippen LogP contribution >= 0.6 is 0 Å². The predicted molar refractivity (Wildman–Crippen MR) is 143 cm³/mol. The molecule has 37 heavy (non-hydrogen) atoms. The number of amides is 1. The third kappa shape index (κ3) is 5.49. The summed E-state index contributed by atoms with van der Waals surface area (Å²) in [6, 6.07) is 20.7. The molecule has 2 aliphatic heterocycles. The van der Waals surface area contributed by atoms with Gasteiger partial charge in [-0.1, -0.05) is 30.3 Å². The molecule has 0 atom stereocenters. The van der Waals surface area contributed by atoms with Crippen LogP contribution in [0.2, 0.25) is 0 Å². The molecule has 1 saturated heterocycles. The van der Waals surface area contributed by atoms with E-state index in [1.54, 1.807) is 24.3 Å². The number of hydrogen-bond acceptors (Lipinski definition) is 6. The fourth-order valence-corrected chi connectivity index (χ4v) is 6.43. The molecule has 0 saturated carbocycles. The quantitative estimate of drug-likeness (QED) is 0.507. The Labute approximate surface area is 217 Å². The Kier molecular flexibility index (Phi) is 7.45. The second kappa shape index (κ2) is 10.9. The molecule has 1 amide bonds. The van der Waals surface area contributed by atoms with Crippen LogP contribution in [0.5, 0.6) is 5.75 Å². The van der Waals surface area contributed by atoms with Gasteiger partial charge in [-0.3, -0.25) is 4.79 Å². The number of rotatable bonds is 7. The maximum absolute atomic E-state index is 13.2. The fourth-order valence-electron chi connectivity index (χ4n) is 4.84. The number of anilines is 2. The molecule has 0 aromatic heterocycles. The minimum atomic E-state index is -3.80. The van der Waals surface area contributed by atoms with Crippen LogP contribution in [-0.4, -0.2) is 58.6 Å². The van der Waals surface area contributed by atoms with E-state index in [0.717, 1.165) is 31.5 Å². The first-order chi connectivity index (χ1) is 18.0. The fraction of sp³-hybridized carbons (Fsp3) is 0.321. The summed E-state index contributed by atoms with van der Waals surface area (Å²) in [7, 11) is -2.37. The standard InChI is InChI=1S/C28H31N3O5S/c1-35-26-13-12-24(19-27(26)37(33,34)31-15-17-36-18-16-31)29-28(32)23-10-8-21(9-11-23)20-30-14-4-6-22-5-2-3-7-25(22)30/h2-3,5,7-13,19H,4,6,14-18,20H2,1H3,(H,29,32). The van der Waals surface area contributed by atoms with Gasteiger partial charge in [-0.25, -0.2) is 8.42 Å². The molecule has 2 aliphatic rings. The summed E-state index contributed by atoms with van der Waals surface area (Å²) in [6.45, 7) is 3.03. The third-order valence-corrected chi connectivity index (χ3v) is 8.73. The molecule has 0 aliphatic carbocycles. The Morgan fingerprint density at radius 2 is 1.76 bits per heavy atom. The summed E-state index contributed by atoms with van der Waals surface area (Å²) in [5.41, 5.74) is 4.65. The molecule has 2 heterocycles. The molecular weight excluding hydrogens is 490 g/mol. The number of carbonyl (C=O) groups excluding carboxylic acids is 1. The Balaban J connectivity index is 1.29. The van der Waals surface area contributed by atoms with Gasteiger partial charge in [0.15, 0.2) is 0 Å². The van der Waals surface area contributed by atoms with Gasteiger partial charge < -0.3 is 19.7 Å². The first-order valence-corrected chi connectivity index (χ1v) is 13.9. The zero-order chi connectivity index (χ0) is 25.8. The number of fused-ring (bicyclic) bond motifs is 1. The number of para-hydroxylation sites is 1. The van der Waals surface area contributed by atoms with Crippen LogP contribution < -0.4 is 15.0 Å². The maximum Gasteiger partial charge on any atom is 0.255 e. The summed E-state index contributed by atoms with van der Waals surface area (Å²) < 4.78 is 38.4. The van der Waals surface area contributed by atoms with Crippen LogP contribution in [0.4, 0.5) is 11.4 Å². The highest BCUT2D eigenvalue weighted by molar-refractivity contribution is 7.89. The van der Waals surface area contributed by atoms with Crippen LogP contribution in [0.25, 0.3) is 0 Å². The van der Waals surface area contributed by atoms with Gasteiger partial charge in [-0.2, -0.15) is 4.31 Å². The summed E-state index contributed by atoms with van der Waals surface area (Å²) in [5, 5.41) is 2.83. The van der Waals surface area contributed by atoms with Crippen LogP contribution in [0, 0.1) is 0 Å². The number of aryl methyl sites for hydroxylation is 1. The Morgan fingerprint density at radius 3 is 2.51 bits per heavy atom. The number of methoxy groups -OCH3 is 1. The molecule has 9 heteroatoms. The van der Waals surface area contributed by atoms with E-state index < -0.39 is 10.0 Å². The molecule has 3 aromatic rings. The topological polar surface area (TPSA) is 88.2 Å². The molecule has 5 rings (SSSR count). The van der Waals surface area contributed by atoms with Gasteiger partial charge in [-0.15, -0.1) is 0 Å². The summed E-state index contributed by atoms with van der Waals surface area (Å²) in [5.74, 6) is -0.0807. The molecule has 8 nitrogen and oxygen atoms in total. The normalized spacial score (nSPS) is 16.2. The number of nitrogens with one attached hydrogen (secondary N) is 1. The van der Waals surface area contributed by atoms with E-state index in [1.807, 2.05) is 12.1 Å². The van der Waals surface area contributed by atoms with Gasteiger partial charge in [0, 0.05) is 43.1 Å². The van der Waals surface area contributed by atoms with Gasteiger partial charge in [0.1, 0.15) is 10.6 Å². The van der Waals surface area contributed by atoms with E-state index in [1.165, 1.54) is 28.7 Å². The first-order valence-electron chi connectivity index (χ1n) is 12.4. The third-order valence-electron chi connectivity index (χ3n) is 6.81. The average Bonchev–Trinajstić information content (AvgIpc) is 2.94. The molecule has 0 spiro atoms. The molecule has 0 radical (unpaired) electrons. The number of nitrogens with zero attached hydrogens (tertiary/aromatic N) is 2. The van der Waals surface area contributed by atoms with E-state index in [2.05, 4.69) is 34.5 Å². The van der Waals surface area contributed by atoms with Crippen LogP contribution in [0.3, 0.4) is 0 Å². The number of carbonyl (C=O) groups is 1. The summed E-state index contributed by atoms with van der Waals surface area (Å²) >= 11 is 0. The lowest BCUT2D eigenvalue weighted by Gasteiger charge is -2.31. The van der Waals surface area contributed by atoms with E-state index in [4.69, 9.17) is 9.47 Å². The highest BCUT2D eigenvalue weighted by Gasteiger charge is 2.29. The minimum absolute atomic E-state index is 0.0202. The lowest BCUT2D eigenvalue weighted by Crippen LogP contribution is -2.40. The molecule has 194 valence electrons. The van der Waals surface area contributed by atoms with Crippen molar-refractivity contribution in [2.24, 2.45) is 0 Å². The summed E-state index contributed by atoms with van der Waals surface area (Å²) in [6.07, 6.45) is 2.23. The number of sulfonamides is 1. The minimum Gasteiger partial charge on any atom is -0.495 e. The molecule has 1 fully saturated rings. The first kappa shape index (κ1) is 25.3. The van der Waals surface area contributed by atoms with Gasteiger partial charge in [0.05, 0.1) is 20.3 Å². The van der Waals surface area contributed by atoms with Gasteiger partial charge in [0.25, 0.3) is 5.91 Å². The van der Waals surface area contributed by atoms with Crippen molar-refractivity contribution < 1.29 is 22.7 Å². The molecule has 3 aromatic carbocycles. The maximum atomic E-state index is 13.2. The van der Waals surface area contributed by atoms with Crippen LogP contribution in [-0.2, 0) is 27.7 Å². The van der Waals surface area contributed by atoms with E-state index in [-0.39, 0.29) is 29.6 Å². The van der Waals surface area contributed by atoms with Crippen molar-refractivity contribution in [3.8, 4) is 5.75 Å². The Hall–Kier alpha value is -3.40. The number of hydrogen-bond donors (Lipinski definition) is 1. The largest absolute Gasteiger partial charge is 0.495 e. The second-order valence-electron chi connectivity index (χ2n) is 9.19. The van der Waals surface area contributed by atoms with Crippen molar-refractivity contribution in [2.75, 3.05) is 50.2 Å². The van der Waals surface area contributed by atoms with Crippen molar-refractivity contribution in [3.05, 3.63) is 83.4 Å². The van der Waals surface area contributed by atoms with Gasteiger partial charge in [-0.05, 0) is 60.4 Å². The van der Waals surface area contributed by atoms with Crippen molar-refractivity contribution >= 4 is 27.3 Å². The Morgan fingerprint density at radius 1 is 1.00 bits per heavy atom. The highest BCUT2D eigenvalue weighted by atomic mass is 32.2. The van der Waals surface area contributed by atoms with Crippen LogP contribution in [0.1, 0.15) is 27.9 Å². The smallest absolute Gasteiger partial charge is 0.255 e. The van der Waals surface area contributed by atoms with Crippen molar-refractivity contribution in [1.82, 2.24) is 4.31 Å². The summed E-state index contributed by atoms with van der Waals surface area (Å²) in [4.78, 5) is 15.4. The second-order valence-corrected chi connectivity index (χ2v) is 11.1. The van der Waals surface area contributed by atoms with Crippen LogP contribution in [0.15, 0.2) is 71.6 Å². The monoisotopic (exact) mass is 521 g/mol. The molecule has 0 unspecified atom stereocenters. The number of morpholine rings is 1. The van der Waals surface area contributed by atoms with Gasteiger partial charge >= 0.3 is 0 Å². The van der Waals surface area contributed by atoms with Gasteiger partial charge in [0.2, 0.25) is 10.0 Å². The lowest BCUT2D eigenvalue weighted by atomic mass is 10.0.